The second-order valence-electron chi connectivity index (χ2n) is 4.70. The maximum atomic E-state index is 12.1. The quantitative estimate of drug-likeness (QED) is 0.842. The number of nitrogens with one attached hydrogen (secondary N) is 2. The Kier molecular flexibility index (Phi) is 3.79. The summed E-state index contributed by atoms with van der Waals surface area (Å²) in [5.74, 6) is 0.0344. The van der Waals surface area contributed by atoms with E-state index in [4.69, 9.17) is 0 Å². The van der Waals surface area contributed by atoms with Gasteiger partial charge in [-0.2, -0.15) is 0 Å². The average Bonchev–Trinajstić information content (AvgIpc) is 2.58. The molecule has 2 N–H and O–H groups in total. The third-order valence-electron chi connectivity index (χ3n) is 3.07. The van der Waals surface area contributed by atoms with Gasteiger partial charge in [0, 0.05) is 12.1 Å². The van der Waals surface area contributed by atoms with E-state index in [1.54, 1.807) is 0 Å². The van der Waals surface area contributed by atoms with Crippen LogP contribution in [0.25, 0.3) is 0 Å². The van der Waals surface area contributed by atoms with Crippen molar-refractivity contribution in [3.05, 3.63) is 15.6 Å². The van der Waals surface area contributed by atoms with Crippen LogP contribution in [0.5, 0.6) is 0 Å². The van der Waals surface area contributed by atoms with Gasteiger partial charge in [0.2, 0.25) is 0 Å². The molecule has 1 aliphatic rings. The molecule has 2 unspecified atom stereocenters. The summed E-state index contributed by atoms with van der Waals surface area (Å²) in [4.78, 5) is 17.1. The number of amides is 1. The van der Waals surface area contributed by atoms with E-state index in [1.165, 1.54) is 11.3 Å². The minimum atomic E-state index is 0.0344. The molecule has 0 bridgehead atoms. The molecule has 1 aliphatic heterocycles. The molecule has 1 saturated heterocycles. The van der Waals surface area contributed by atoms with Crippen molar-refractivity contribution >= 4 is 17.2 Å². The van der Waals surface area contributed by atoms with Gasteiger partial charge >= 0.3 is 0 Å². The molecule has 1 amide bonds. The smallest absolute Gasteiger partial charge is 0.263 e. The van der Waals surface area contributed by atoms with Crippen LogP contribution >= 0.6 is 11.3 Å². The lowest BCUT2D eigenvalue weighted by atomic mass is 10.0. The lowest BCUT2D eigenvalue weighted by Crippen LogP contribution is -2.46. The predicted molar refractivity (Wildman–Crippen MR) is 69.5 cm³/mol. The fourth-order valence-corrected chi connectivity index (χ4v) is 3.08. The molecule has 0 aromatic carbocycles. The summed E-state index contributed by atoms with van der Waals surface area (Å²) in [5, 5.41) is 7.44. The van der Waals surface area contributed by atoms with Crippen LogP contribution in [-0.2, 0) is 0 Å². The largest absolute Gasteiger partial charge is 0.348 e. The van der Waals surface area contributed by atoms with Gasteiger partial charge in [0.25, 0.3) is 5.91 Å². The lowest BCUT2D eigenvalue weighted by Gasteiger charge is -2.28. The molecule has 1 fully saturated rings. The molecule has 0 spiro atoms. The Labute approximate surface area is 106 Å². The molecule has 1 aromatic heterocycles. The Morgan fingerprint density at radius 2 is 2.29 bits per heavy atom. The molecule has 2 heterocycles. The first-order chi connectivity index (χ1) is 8.06. The van der Waals surface area contributed by atoms with Gasteiger partial charge in [-0.25, -0.2) is 4.98 Å². The molecular formula is C12H19N3OS. The molecular weight excluding hydrogens is 234 g/mol. The normalized spacial score (nSPS) is 24.6. The fourth-order valence-electron chi connectivity index (χ4n) is 2.26. The Bertz CT molecular complexity index is 416. The second-order valence-corrected chi connectivity index (χ2v) is 5.90. The first kappa shape index (κ1) is 12.5. The Morgan fingerprint density at radius 1 is 1.53 bits per heavy atom. The van der Waals surface area contributed by atoms with Gasteiger partial charge in [0.1, 0.15) is 4.88 Å². The molecule has 0 radical (unpaired) electrons. The SMILES string of the molecule is Cc1nc(C)c(C(=O)NC2CCNC(C)C2)s1. The highest BCUT2D eigenvalue weighted by molar-refractivity contribution is 7.13. The van der Waals surface area contributed by atoms with Gasteiger partial charge in [-0.3, -0.25) is 4.79 Å². The lowest BCUT2D eigenvalue weighted by molar-refractivity contribution is 0.0929. The Hall–Kier alpha value is -0.940. The first-order valence-corrected chi connectivity index (χ1v) is 6.86. The van der Waals surface area contributed by atoms with Crippen LogP contribution in [0.4, 0.5) is 0 Å². The summed E-state index contributed by atoms with van der Waals surface area (Å²) >= 11 is 1.47. The van der Waals surface area contributed by atoms with E-state index in [2.05, 4.69) is 22.5 Å². The van der Waals surface area contributed by atoms with Gasteiger partial charge < -0.3 is 10.6 Å². The zero-order chi connectivity index (χ0) is 12.4. The highest BCUT2D eigenvalue weighted by Crippen LogP contribution is 2.18. The van der Waals surface area contributed by atoms with Crippen molar-refractivity contribution in [2.45, 2.75) is 45.7 Å². The molecule has 1 aromatic rings. The van der Waals surface area contributed by atoms with Gasteiger partial charge in [-0.05, 0) is 40.2 Å². The van der Waals surface area contributed by atoms with Crippen molar-refractivity contribution in [1.82, 2.24) is 15.6 Å². The van der Waals surface area contributed by atoms with Crippen LogP contribution in [0.2, 0.25) is 0 Å². The summed E-state index contributed by atoms with van der Waals surface area (Å²) in [7, 11) is 0. The number of aromatic nitrogens is 1. The van der Waals surface area contributed by atoms with E-state index in [9.17, 15) is 4.79 Å². The molecule has 2 rings (SSSR count). The second kappa shape index (κ2) is 5.14. The van der Waals surface area contributed by atoms with Gasteiger partial charge in [0.15, 0.2) is 0 Å². The van der Waals surface area contributed by atoms with Crippen molar-refractivity contribution in [1.29, 1.82) is 0 Å². The number of thiazole rings is 1. The standard InChI is InChI=1S/C12H19N3OS/c1-7-6-10(4-5-13-7)15-12(16)11-8(2)14-9(3)17-11/h7,10,13H,4-6H2,1-3H3,(H,15,16). The number of nitrogens with zero attached hydrogens (tertiary/aromatic N) is 1. The Balaban J connectivity index is 1.99. The third kappa shape index (κ3) is 3.04. The van der Waals surface area contributed by atoms with Crippen molar-refractivity contribution in [3.8, 4) is 0 Å². The summed E-state index contributed by atoms with van der Waals surface area (Å²) in [6.07, 6.45) is 2.01. The van der Waals surface area contributed by atoms with Crippen LogP contribution in [0, 0.1) is 13.8 Å². The molecule has 2 atom stereocenters. The molecule has 94 valence electrons. The molecule has 17 heavy (non-hydrogen) atoms. The first-order valence-electron chi connectivity index (χ1n) is 6.04. The van der Waals surface area contributed by atoms with Crippen LogP contribution in [0.1, 0.15) is 40.1 Å². The molecule has 0 aliphatic carbocycles. The van der Waals surface area contributed by atoms with E-state index >= 15 is 0 Å². The van der Waals surface area contributed by atoms with Crippen molar-refractivity contribution in [3.63, 3.8) is 0 Å². The number of rotatable bonds is 2. The van der Waals surface area contributed by atoms with E-state index in [0.717, 1.165) is 35.0 Å². The van der Waals surface area contributed by atoms with E-state index in [-0.39, 0.29) is 5.91 Å². The molecule has 0 saturated carbocycles. The summed E-state index contributed by atoms with van der Waals surface area (Å²) in [6.45, 7) is 6.96. The average molecular weight is 253 g/mol. The topological polar surface area (TPSA) is 54.0 Å². The van der Waals surface area contributed by atoms with Crippen LogP contribution in [0.3, 0.4) is 0 Å². The van der Waals surface area contributed by atoms with Crippen molar-refractivity contribution in [2.75, 3.05) is 6.54 Å². The summed E-state index contributed by atoms with van der Waals surface area (Å²) < 4.78 is 0. The van der Waals surface area contributed by atoms with Crippen LogP contribution in [0.15, 0.2) is 0 Å². The minimum absolute atomic E-state index is 0.0344. The number of aryl methyl sites for hydroxylation is 2. The number of hydrogen-bond donors (Lipinski definition) is 2. The minimum Gasteiger partial charge on any atom is -0.348 e. The molecule has 4 nitrogen and oxygen atoms in total. The van der Waals surface area contributed by atoms with Gasteiger partial charge in [0.05, 0.1) is 10.7 Å². The van der Waals surface area contributed by atoms with Crippen molar-refractivity contribution < 1.29 is 4.79 Å². The van der Waals surface area contributed by atoms with E-state index < -0.39 is 0 Å². The number of carbonyl (C=O) groups is 1. The van der Waals surface area contributed by atoms with Gasteiger partial charge in [-0.1, -0.05) is 0 Å². The maximum Gasteiger partial charge on any atom is 0.263 e. The fraction of sp³-hybridized carbons (Fsp3) is 0.667. The monoisotopic (exact) mass is 253 g/mol. The van der Waals surface area contributed by atoms with E-state index in [1.807, 2.05) is 13.8 Å². The summed E-state index contributed by atoms with van der Waals surface area (Å²) in [6, 6.07) is 0.777. The number of carbonyl (C=O) groups excluding carboxylic acids is 1. The maximum absolute atomic E-state index is 12.1. The van der Waals surface area contributed by atoms with Gasteiger partial charge in [-0.15, -0.1) is 11.3 Å². The zero-order valence-corrected chi connectivity index (χ0v) is 11.4. The highest BCUT2D eigenvalue weighted by atomic mass is 32.1. The van der Waals surface area contributed by atoms with E-state index in [0.29, 0.717) is 12.1 Å². The zero-order valence-electron chi connectivity index (χ0n) is 10.5. The number of piperidine rings is 1. The Morgan fingerprint density at radius 3 is 2.88 bits per heavy atom. The highest BCUT2D eigenvalue weighted by Gasteiger charge is 2.22. The van der Waals surface area contributed by atoms with Crippen LogP contribution in [-0.4, -0.2) is 29.5 Å². The van der Waals surface area contributed by atoms with Crippen LogP contribution < -0.4 is 10.6 Å². The molecule has 5 heteroatoms. The number of hydrogen-bond acceptors (Lipinski definition) is 4. The summed E-state index contributed by atoms with van der Waals surface area (Å²) in [5.41, 5.74) is 0.840. The predicted octanol–water partition coefficient (Wildman–Crippen LogP) is 1.63. The third-order valence-corrected chi connectivity index (χ3v) is 4.14. The van der Waals surface area contributed by atoms with Crippen molar-refractivity contribution in [2.24, 2.45) is 0 Å².